The number of carboxylic acid groups (broad SMARTS) is 1. The molecular weight excluding hydrogens is 230 g/mol. The second-order valence-corrected chi connectivity index (χ2v) is 5.13. The van der Waals surface area contributed by atoms with Crippen molar-refractivity contribution in [3.05, 3.63) is 0 Å². The second-order valence-electron chi connectivity index (χ2n) is 5.13. The van der Waals surface area contributed by atoms with Gasteiger partial charge in [-0.25, -0.2) is 4.79 Å². The summed E-state index contributed by atoms with van der Waals surface area (Å²) in [6.45, 7) is 4.73. The molecule has 1 amide bonds. The lowest BCUT2D eigenvalue weighted by Gasteiger charge is -2.35. The molecule has 0 aromatic carbocycles. The molecule has 0 bridgehead atoms. The Balaban J connectivity index is 2.68. The Labute approximate surface area is 109 Å². The quantitative estimate of drug-likeness (QED) is 0.793. The van der Waals surface area contributed by atoms with Gasteiger partial charge in [0.2, 0.25) is 5.91 Å². The fraction of sp³-hybridized carbons (Fsp3) is 0.857. The van der Waals surface area contributed by atoms with Crippen LogP contribution in [0.25, 0.3) is 0 Å². The van der Waals surface area contributed by atoms with Gasteiger partial charge in [-0.2, -0.15) is 0 Å². The summed E-state index contributed by atoms with van der Waals surface area (Å²) in [6.07, 6.45) is 6.25. The lowest BCUT2D eigenvalue weighted by Crippen LogP contribution is -2.50. The van der Waals surface area contributed by atoms with Crippen LogP contribution in [0, 0.1) is 5.92 Å². The minimum Gasteiger partial charge on any atom is -0.480 e. The van der Waals surface area contributed by atoms with E-state index in [0.29, 0.717) is 13.0 Å². The molecule has 0 aromatic heterocycles. The zero-order valence-corrected chi connectivity index (χ0v) is 11.5. The molecule has 4 nitrogen and oxygen atoms in total. The highest BCUT2D eigenvalue weighted by Gasteiger charge is 2.34. The summed E-state index contributed by atoms with van der Waals surface area (Å²) in [6, 6.07) is -0.595. The highest BCUT2D eigenvalue weighted by Crippen LogP contribution is 2.23. The number of rotatable bonds is 6. The monoisotopic (exact) mass is 255 g/mol. The predicted octanol–water partition coefficient (Wildman–Crippen LogP) is 2.67. The highest BCUT2D eigenvalue weighted by atomic mass is 16.4. The molecule has 4 heteroatoms. The number of piperidine rings is 1. The summed E-state index contributed by atoms with van der Waals surface area (Å²) in [7, 11) is 0. The lowest BCUT2D eigenvalue weighted by molar-refractivity contribution is -0.154. The third kappa shape index (κ3) is 3.72. The molecule has 104 valence electrons. The van der Waals surface area contributed by atoms with Crippen LogP contribution >= 0.6 is 0 Å². The fourth-order valence-electron chi connectivity index (χ4n) is 2.64. The van der Waals surface area contributed by atoms with Gasteiger partial charge in [-0.3, -0.25) is 4.79 Å². The van der Waals surface area contributed by atoms with Crippen LogP contribution in [0.3, 0.4) is 0 Å². The van der Waals surface area contributed by atoms with E-state index in [2.05, 4.69) is 6.92 Å². The number of carbonyl (C=O) groups is 2. The Morgan fingerprint density at radius 1 is 1.33 bits per heavy atom. The van der Waals surface area contributed by atoms with E-state index in [1.165, 1.54) is 0 Å². The zero-order valence-electron chi connectivity index (χ0n) is 11.5. The van der Waals surface area contributed by atoms with Crippen molar-refractivity contribution in [2.45, 2.75) is 64.8 Å². The molecular formula is C14H25NO3. The van der Waals surface area contributed by atoms with E-state index < -0.39 is 12.0 Å². The van der Waals surface area contributed by atoms with E-state index >= 15 is 0 Å². The zero-order chi connectivity index (χ0) is 13.5. The molecule has 1 aliphatic rings. The van der Waals surface area contributed by atoms with Gasteiger partial charge in [-0.05, 0) is 32.1 Å². The first-order valence-electron chi connectivity index (χ1n) is 7.15. The van der Waals surface area contributed by atoms with Crippen LogP contribution in [0.2, 0.25) is 0 Å². The van der Waals surface area contributed by atoms with Crippen molar-refractivity contribution in [1.82, 2.24) is 4.90 Å². The topological polar surface area (TPSA) is 57.6 Å². The largest absolute Gasteiger partial charge is 0.480 e. The number of aliphatic carboxylic acids is 1. The number of amides is 1. The van der Waals surface area contributed by atoms with Crippen LogP contribution in [0.4, 0.5) is 0 Å². The van der Waals surface area contributed by atoms with Crippen LogP contribution in [0.5, 0.6) is 0 Å². The molecule has 18 heavy (non-hydrogen) atoms. The van der Waals surface area contributed by atoms with Crippen molar-refractivity contribution in [2.75, 3.05) is 6.54 Å². The molecule has 0 radical (unpaired) electrons. The maximum atomic E-state index is 12.4. The summed E-state index contributed by atoms with van der Waals surface area (Å²) in [5.74, 6) is -0.795. The van der Waals surface area contributed by atoms with Gasteiger partial charge in [0.1, 0.15) is 6.04 Å². The molecule has 1 N–H and O–H groups in total. The third-order valence-electron chi connectivity index (χ3n) is 3.82. The van der Waals surface area contributed by atoms with Crippen molar-refractivity contribution < 1.29 is 14.7 Å². The van der Waals surface area contributed by atoms with Crippen molar-refractivity contribution in [2.24, 2.45) is 5.92 Å². The summed E-state index contributed by atoms with van der Waals surface area (Å²) in [5.41, 5.74) is 0. The molecule has 0 aromatic rings. The summed E-state index contributed by atoms with van der Waals surface area (Å²) < 4.78 is 0. The molecule has 1 heterocycles. The van der Waals surface area contributed by atoms with E-state index in [1.54, 1.807) is 4.90 Å². The molecule has 1 rings (SSSR count). The second kappa shape index (κ2) is 7.39. The molecule has 0 saturated carbocycles. The number of unbranched alkanes of at least 4 members (excludes halogenated alkanes) is 1. The van der Waals surface area contributed by atoms with Crippen molar-refractivity contribution >= 4 is 11.9 Å². The van der Waals surface area contributed by atoms with Crippen molar-refractivity contribution in [3.8, 4) is 0 Å². The van der Waals surface area contributed by atoms with Crippen molar-refractivity contribution in [1.29, 1.82) is 0 Å². The first-order chi connectivity index (χ1) is 8.61. The SMILES string of the molecule is CCCCC(CC)C(=O)N1CCCCC1C(=O)O. The average molecular weight is 255 g/mol. The van der Waals surface area contributed by atoms with Gasteiger partial charge in [0.15, 0.2) is 0 Å². The highest BCUT2D eigenvalue weighted by molar-refractivity contribution is 5.85. The Morgan fingerprint density at radius 3 is 2.61 bits per heavy atom. The van der Waals surface area contributed by atoms with Crippen LogP contribution < -0.4 is 0 Å². The Morgan fingerprint density at radius 2 is 2.06 bits per heavy atom. The van der Waals surface area contributed by atoms with E-state index in [-0.39, 0.29) is 11.8 Å². The molecule has 2 atom stereocenters. The van der Waals surface area contributed by atoms with Gasteiger partial charge in [-0.1, -0.05) is 26.7 Å². The third-order valence-corrected chi connectivity index (χ3v) is 3.82. The first-order valence-corrected chi connectivity index (χ1v) is 7.15. The fourth-order valence-corrected chi connectivity index (χ4v) is 2.64. The maximum Gasteiger partial charge on any atom is 0.326 e. The van der Waals surface area contributed by atoms with Crippen LogP contribution in [0.1, 0.15) is 58.8 Å². The van der Waals surface area contributed by atoms with Gasteiger partial charge >= 0.3 is 5.97 Å². The number of nitrogens with zero attached hydrogens (tertiary/aromatic N) is 1. The molecule has 1 saturated heterocycles. The smallest absolute Gasteiger partial charge is 0.326 e. The molecule has 1 aliphatic heterocycles. The first kappa shape index (κ1) is 15.0. The number of carbonyl (C=O) groups excluding carboxylic acids is 1. The molecule has 0 spiro atoms. The molecule has 1 fully saturated rings. The van der Waals surface area contributed by atoms with E-state index in [9.17, 15) is 14.7 Å². The minimum absolute atomic E-state index is 0.00454. The van der Waals surface area contributed by atoms with E-state index in [0.717, 1.165) is 38.5 Å². The maximum absolute atomic E-state index is 12.4. The van der Waals surface area contributed by atoms with Crippen molar-refractivity contribution in [3.63, 3.8) is 0 Å². The molecule has 2 unspecified atom stereocenters. The lowest BCUT2D eigenvalue weighted by atomic mass is 9.94. The van der Waals surface area contributed by atoms with E-state index in [4.69, 9.17) is 0 Å². The predicted molar refractivity (Wildman–Crippen MR) is 70.3 cm³/mol. The van der Waals surface area contributed by atoms with Gasteiger partial charge < -0.3 is 10.0 Å². The molecule has 0 aliphatic carbocycles. The number of carboxylic acids is 1. The van der Waals surface area contributed by atoms with Crippen LogP contribution in [0.15, 0.2) is 0 Å². The van der Waals surface area contributed by atoms with Crippen LogP contribution in [-0.2, 0) is 9.59 Å². The van der Waals surface area contributed by atoms with Gasteiger partial charge in [0.25, 0.3) is 0 Å². The minimum atomic E-state index is -0.853. The Kier molecular flexibility index (Phi) is 6.16. The number of hydrogen-bond acceptors (Lipinski definition) is 2. The Bertz CT molecular complexity index is 291. The average Bonchev–Trinajstić information content (AvgIpc) is 2.39. The number of likely N-dealkylation sites (tertiary alicyclic amines) is 1. The van der Waals surface area contributed by atoms with Gasteiger partial charge in [0, 0.05) is 12.5 Å². The van der Waals surface area contributed by atoms with Gasteiger partial charge in [0.05, 0.1) is 0 Å². The van der Waals surface area contributed by atoms with Crippen LogP contribution in [-0.4, -0.2) is 34.5 Å². The summed E-state index contributed by atoms with van der Waals surface area (Å²) in [4.78, 5) is 25.2. The normalized spacial score (nSPS) is 21.7. The number of hydrogen-bond donors (Lipinski definition) is 1. The summed E-state index contributed by atoms with van der Waals surface area (Å²) in [5, 5.41) is 9.19. The standard InChI is InChI=1S/C14H25NO3/c1-3-5-8-11(4-2)13(16)15-10-7-6-9-12(15)14(17)18/h11-12H,3-10H2,1-2H3,(H,17,18). The summed E-state index contributed by atoms with van der Waals surface area (Å²) >= 11 is 0. The van der Waals surface area contributed by atoms with E-state index in [1.807, 2.05) is 6.92 Å². The van der Waals surface area contributed by atoms with Gasteiger partial charge in [-0.15, -0.1) is 0 Å². The Hall–Kier alpha value is -1.06.